The number of aryl methyl sites for hydroxylation is 4. The van der Waals surface area contributed by atoms with E-state index in [1.807, 2.05) is 0 Å². The van der Waals surface area contributed by atoms with Gasteiger partial charge in [0.2, 0.25) is 6.34 Å². The van der Waals surface area contributed by atoms with E-state index in [-0.39, 0.29) is 12.1 Å². The smallest absolute Gasteiger partial charge is 0.207 e. The van der Waals surface area contributed by atoms with Crippen LogP contribution in [-0.4, -0.2) is 10.9 Å². The monoisotopic (exact) mass is 486 g/mol. The van der Waals surface area contributed by atoms with Crippen LogP contribution in [0.2, 0.25) is 0 Å². The number of rotatable bonds is 4. The van der Waals surface area contributed by atoms with Crippen LogP contribution < -0.4 is 4.90 Å². The van der Waals surface area contributed by atoms with E-state index in [1.54, 1.807) is 0 Å². The molecule has 37 heavy (non-hydrogen) atoms. The lowest BCUT2D eigenvalue weighted by molar-refractivity contribution is -0.482. The van der Waals surface area contributed by atoms with E-state index in [2.05, 4.69) is 144 Å². The zero-order chi connectivity index (χ0) is 26.4. The predicted molar refractivity (Wildman–Crippen MR) is 157 cm³/mol. The maximum atomic E-state index is 3.96. The topological polar surface area (TPSA) is 6.25 Å². The van der Waals surface area contributed by atoms with Gasteiger partial charge in [-0.15, -0.1) is 0 Å². The van der Waals surface area contributed by atoms with Gasteiger partial charge in [-0.05, 0) is 66.5 Å². The highest BCUT2D eigenvalue weighted by atomic mass is 15.3. The molecule has 2 atom stereocenters. The second-order valence-corrected chi connectivity index (χ2v) is 10.8. The number of benzene rings is 4. The molecular formula is C35H38N2. The minimum absolute atomic E-state index is 0.0711. The third-order valence-corrected chi connectivity index (χ3v) is 8.49. The molecule has 0 spiro atoms. The van der Waals surface area contributed by atoms with E-state index in [1.165, 1.54) is 67.0 Å². The van der Waals surface area contributed by atoms with Gasteiger partial charge in [0.05, 0.1) is 0 Å². The minimum atomic E-state index is 0.0711. The lowest BCUT2D eigenvalue weighted by Gasteiger charge is -2.32. The summed E-state index contributed by atoms with van der Waals surface area (Å²) in [6, 6.07) is 26.7. The Morgan fingerprint density at radius 3 is 1.49 bits per heavy atom. The van der Waals surface area contributed by atoms with Crippen LogP contribution in [-0.2, 0) is 0 Å². The number of anilines is 1. The number of hydrogen-bond acceptors (Lipinski definition) is 1. The van der Waals surface area contributed by atoms with Crippen molar-refractivity contribution in [1.29, 1.82) is 0 Å². The summed E-state index contributed by atoms with van der Waals surface area (Å²) < 4.78 is 2.44. The minimum Gasteiger partial charge on any atom is -0.326 e. The molecule has 1 heterocycles. The normalized spacial score (nSPS) is 17.3. The van der Waals surface area contributed by atoms with E-state index < -0.39 is 0 Å². The lowest BCUT2D eigenvalue weighted by Crippen LogP contribution is -2.27. The Bertz CT molecular complexity index is 1440. The van der Waals surface area contributed by atoms with Crippen molar-refractivity contribution < 1.29 is 4.58 Å². The molecule has 1 aliphatic rings. The van der Waals surface area contributed by atoms with Crippen molar-refractivity contribution in [2.45, 2.75) is 67.5 Å². The second-order valence-electron chi connectivity index (χ2n) is 10.8. The number of hydrogen-bond donors (Lipinski definition) is 0. The van der Waals surface area contributed by atoms with Gasteiger partial charge in [-0.25, -0.2) is 0 Å². The van der Waals surface area contributed by atoms with Gasteiger partial charge in [-0.1, -0.05) is 117 Å². The van der Waals surface area contributed by atoms with Gasteiger partial charge in [0.1, 0.15) is 12.1 Å². The Labute approximate surface area is 222 Å². The summed E-state index contributed by atoms with van der Waals surface area (Å²) in [5.41, 5.74) is 15.7. The first-order valence-corrected chi connectivity index (χ1v) is 13.3. The molecule has 4 aromatic rings. The highest BCUT2D eigenvalue weighted by Gasteiger charge is 2.43. The standard InChI is InChI=1S/C35H38N2/c1-22-19-23(2)27(6)32(26(22)5)36-21-37(33-28(7)24(3)20-25(4)29(33)8)35(31-17-13-10-14-18-31)34(36)30-15-11-9-12-16-30/h9-20,34-35H,1-8H3/t34-,35-/m1/s1. The molecule has 0 unspecified atom stereocenters. The van der Waals surface area contributed by atoms with Gasteiger partial charge < -0.3 is 9.48 Å². The highest BCUT2D eigenvalue weighted by molar-refractivity contribution is 5.85. The molecule has 0 saturated carbocycles. The molecule has 188 valence electrons. The van der Waals surface area contributed by atoms with Crippen LogP contribution in [0.5, 0.6) is 0 Å². The van der Waals surface area contributed by atoms with Gasteiger partial charge >= 0.3 is 0 Å². The molecule has 0 amide bonds. The molecule has 0 aromatic heterocycles. The van der Waals surface area contributed by atoms with Crippen molar-refractivity contribution in [3.05, 3.63) is 128 Å². The zero-order valence-electron chi connectivity index (χ0n) is 23.5. The fraction of sp³-hybridized carbons (Fsp3) is 0.286. The molecule has 1 aliphatic heterocycles. The quantitative estimate of drug-likeness (QED) is 0.206. The van der Waals surface area contributed by atoms with Crippen molar-refractivity contribution >= 4 is 17.7 Å². The highest BCUT2D eigenvalue weighted by Crippen LogP contribution is 2.48. The van der Waals surface area contributed by atoms with Crippen LogP contribution in [0.3, 0.4) is 0 Å². The van der Waals surface area contributed by atoms with Crippen LogP contribution in [0.25, 0.3) is 0 Å². The molecule has 0 N–H and O–H groups in total. The first-order chi connectivity index (χ1) is 17.7. The largest absolute Gasteiger partial charge is 0.326 e. The number of nitrogens with zero attached hydrogens (tertiary/aromatic N) is 2. The summed E-state index contributed by atoms with van der Waals surface area (Å²) in [4.78, 5) is 2.44. The second kappa shape index (κ2) is 9.67. The Morgan fingerprint density at radius 2 is 1.00 bits per heavy atom. The Balaban J connectivity index is 1.88. The first kappa shape index (κ1) is 25.0. The Morgan fingerprint density at radius 1 is 0.568 bits per heavy atom. The maximum absolute atomic E-state index is 3.96. The lowest BCUT2D eigenvalue weighted by atomic mass is 9.89. The SMILES string of the molecule is Cc1cc(C)c(C)c(N2[C-]=[N+](c3c(C)c(C)cc(C)c3C)[C@H](c3ccccc3)[C@H]2c2ccccc2)c1C. The Kier molecular flexibility index (Phi) is 6.54. The van der Waals surface area contributed by atoms with Crippen molar-refractivity contribution in [2.24, 2.45) is 0 Å². The summed E-state index contributed by atoms with van der Waals surface area (Å²) in [5, 5.41) is 0. The van der Waals surface area contributed by atoms with Gasteiger partial charge in [-0.2, -0.15) is 0 Å². The van der Waals surface area contributed by atoms with Crippen molar-refractivity contribution in [3.8, 4) is 0 Å². The van der Waals surface area contributed by atoms with Crippen LogP contribution in [0.4, 0.5) is 11.4 Å². The fourth-order valence-electron chi connectivity index (χ4n) is 5.98. The molecule has 0 radical (unpaired) electrons. The van der Waals surface area contributed by atoms with Crippen molar-refractivity contribution in [2.75, 3.05) is 4.90 Å². The summed E-state index contributed by atoms with van der Waals surface area (Å²) in [6.45, 7) is 17.9. The summed E-state index contributed by atoms with van der Waals surface area (Å²) in [6.07, 6.45) is 3.96. The van der Waals surface area contributed by atoms with Gasteiger partial charge in [0.15, 0.2) is 0 Å². The summed E-state index contributed by atoms with van der Waals surface area (Å²) in [5.74, 6) is 0. The van der Waals surface area contributed by atoms with Gasteiger partial charge in [0.25, 0.3) is 0 Å². The molecule has 5 rings (SSSR count). The maximum Gasteiger partial charge on any atom is 0.207 e. The van der Waals surface area contributed by atoms with E-state index in [4.69, 9.17) is 0 Å². The van der Waals surface area contributed by atoms with E-state index in [0.29, 0.717) is 0 Å². The van der Waals surface area contributed by atoms with Crippen LogP contribution >= 0.6 is 0 Å². The van der Waals surface area contributed by atoms with E-state index >= 15 is 0 Å². The van der Waals surface area contributed by atoms with Crippen LogP contribution in [0.1, 0.15) is 67.7 Å². The Hall–Kier alpha value is -3.65. The average Bonchev–Trinajstić information content (AvgIpc) is 3.27. The molecule has 2 nitrogen and oxygen atoms in total. The molecule has 0 saturated heterocycles. The fourth-order valence-corrected chi connectivity index (χ4v) is 5.98. The average molecular weight is 487 g/mol. The predicted octanol–water partition coefficient (Wildman–Crippen LogP) is 8.71. The van der Waals surface area contributed by atoms with Crippen LogP contribution in [0.15, 0.2) is 72.8 Å². The summed E-state index contributed by atoms with van der Waals surface area (Å²) >= 11 is 0. The molecular weight excluding hydrogens is 448 g/mol. The van der Waals surface area contributed by atoms with E-state index in [9.17, 15) is 0 Å². The zero-order valence-corrected chi connectivity index (χ0v) is 23.5. The summed E-state index contributed by atoms with van der Waals surface area (Å²) in [7, 11) is 0. The molecule has 0 bridgehead atoms. The van der Waals surface area contributed by atoms with Crippen molar-refractivity contribution in [3.63, 3.8) is 0 Å². The third-order valence-electron chi connectivity index (χ3n) is 8.49. The van der Waals surface area contributed by atoms with Gasteiger partial charge in [-0.3, -0.25) is 0 Å². The van der Waals surface area contributed by atoms with Gasteiger partial charge in [0, 0.05) is 11.4 Å². The third kappa shape index (κ3) is 4.19. The van der Waals surface area contributed by atoms with E-state index in [0.717, 1.165) is 0 Å². The van der Waals surface area contributed by atoms with Crippen molar-refractivity contribution in [1.82, 2.24) is 0 Å². The molecule has 4 aromatic carbocycles. The molecule has 2 heteroatoms. The first-order valence-electron chi connectivity index (χ1n) is 13.3. The molecule has 0 aliphatic carbocycles. The molecule has 0 fully saturated rings. The van der Waals surface area contributed by atoms with Crippen LogP contribution in [0, 0.1) is 55.4 Å².